The SMILES string of the molecule is COc1ccc(C(c2ccc(OC)cc2)N2C(=O)[C@H]([C@@H](C)OC(=O)OCc3ccccc3)[C@H]2C(C)CO)cc1. The first-order chi connectivity index (χ1) is 18.9. The summed E-state index contributed by atoms with van der Waals surface area (Å²) in [6.07, 6.45) is -1.58. The van der Waals surface area contributed by atoms with E-state index in [2.05, 4.69) is 0 Å². The number of carbonyl (C=O) groups is 2. The molecular weight excluding hydrogens is 498 g/mol. The van der Waals surface area contributed by atoms with Gasteiger partial charge in [0.2, 0.25) is 5.91 Å². The maximum Gasteiger partial charge on any atom is 0.508 e. The van der Waals surface area contributed by atoms with Crippen LogP contribution in [-0.4, -0.2) is 55.0 Å². The van der Waals surface area contributed by atoms with Crippen molar-refractivity contribution in [2.45, 2.75) is 38.6 Å². The molecular formula is C31H35NO7. The van der Waals surface area contributed by atoms with Gasteiger partial charge < -0.3 is 29.0 Å². The molecule has 0 saturated carbocycles. The van der Waals surface area contributed by atoms with E-state index in [0.29, 0.717) is 11.5 Å². The van der Waals surface area contributed by atoms with Gasteiger partial charge in [-0.25, -0.2) is 4.79 Å². The summed E-state index contributed by atoms with van der Waals surface area (Å²) in [5.41, 5.74) is 2.61. The van der Waals surface area contributed by atoms with Gasteiger partial charge in [-0.1, -0.05) is 61.5 Å². The van der Waals surface area contributed by atoms with Crippen molar-refractivity contribution in [2.75, 3.05) is 20.8 Å². The maximum absolute atomic E-state index is 13.8. The molecule has 0 aliphatic carbocycles. The molecule has 1 fully saturated rings. The third-order valence-corrected chi connectivity index (χ3v) is 7.23. The van der Waals surface area contributed by atoms with E-state index in [4.69, 9.17) is 18.9 Å². The molecule has 0 spiro atoms. The predicted octanol–water partition coefficient (Wildman–Crippen LogP) is 4.99. The number of methoxy groups -OCH3 is 2. The summed E-state index contributed by atoms with van der Waals surface area (Å²) in [5, 5.41) is 10.1. The highest BCUT2D eigenvalue weighted by Gasteiger charge is 2.56. The second kappa shape index (κ2) is 12.7. The van der Waals surface area contributed by atoms with Gasteiger partial charge in [0.1, 0.15) is 24.2 Å². The lowest BCUT2D eigenvalue weighted by Gasteiger charge is -2.54. The summed E-state index contributed by atoms with van der Waals surface area (Å²) < 4.78 is 21.5. The summed E-state index contributed by atoms with van der Waals surface area (Å²) >= 11 is 0. The minimum atomic E-state index is -0.838. The zero-order valence-electron chi connectivity index (χ0n) is 22.7. The molecule has 1 aliphatic rings. The molecule has 1 aliphatic heterocycles. The van der Waals surface area contributed by atoms with Crippen LogP contribution in [0, 0.1) is 11.8 Å². The number of hydrogen-bond acceptors (Lipinski definition) is 7. The van der Waals surface area contributed by atoms with Crippen LogP contribution in [0.2, 0.25) is 0 Å². The number of carbonyl (C=O) groups excluding carboxylic acids is 2. The lowest BCUT2D eigenvalue weighted by molar-refractivity contribution is -0.174. The minimum absolute atomic E-state index is 0.0740. The monoisotopic (exact) mass is 533 g/mol. The first kappa shape index (κ1) is 28.0. The van der Waals surface area contributed by atoms with E-state index in [1.54, 1.807) is 26.0 Å². The molecule has 1 N–H and O–H groups in total. The van der Waals surface area contributed by atoms with Gasteiger partial charge in [0.25, 0.3) is 0 Å². The number of likely N-dealkylation sites (tertiary alicyclic amines) is 1. The molecule has 1 saturated heterocycles. The van der Waals surface area contributed by atoms with Gasteiger partial charge in [0, 0.05) is 12.5 Å². The third kappa shape index (κ3) is 6.17. The van der Waals surface area contributed by atoms with Crippen molar-refractivity contribution in [2.24, 2.45) is 11.8 Å². The van der Waals surface area contributed by atoms with Gasteiger partial charge in [-0.2, -0.15) is 0 Å². The Morgan fingerprint density at radius 3 is 1.90 bits per heavy atom. The highest BCUT2D eigenvalue weighted by molar-refractivity contribution is 5.88. The van der Waals surface area contributed by atoms with Crippen LogP contribution in [0.5, 0.6) is 11.5 Å². The van der Waals surface area contributed by atoms with Crippen molar-refractivity contribution in [3.63, 3.8) is 0 Å². The van der Waals surface area contributed by atoms with E-state index in [0.717, 1.165) is 16.7 Å². The molecule has 206 valence electrons. The second-order valence-corrected chi connectivity index (χ2v) is 9.72. The quantitative estimate of drug-likeness (QED) is 0.274. The molecule has 3 aromatic carbocycles. The van der Waals surface area contributed by atoms with E-state index in [1.807, 2.05) is 85.8 Å². The van der Waals surface area contributed by atoms with E-state index < -0.39 is 24.2 Å². The van der Waals surface area contributed by atoms with E-state index >= 15 is 0 Å². The summed E-state index contributed by atoms with van der Waals surface area (Å²) in [7, 11) is 3.20. The van der Waals surface area contributed by atoms with Crippen molar-refractivity contribution < 1.29 is 33.6 Å². The summed E-state index contributed by atoms with van der Waals surface area (Å²) in [6.45, 7) is 3.52. The second-order valence-electron chi connectivity index (χ2n) is 9.72. The van der Waals surface area contributed by atoms with Crippen molar-refractivity contribution in [1.29, 1.82) is 0 Å². The number of rotatable bonds is 11. The molecule has 4 atom stereocenters. The molecule has 8 nitrogen and oxygen atoms in total. The van der Waals surface area contributed by atoms with E-state index in [1.165, 1.54) is 0 Å². The Labute approximate surface area is 229 Å². The molecule has 4 rings (SSSR count). The number of aliphatic hydroxyl groups excluding tert-OH is 1. The van der Waals surface area contributed by atoms with Crippen molar-refractivity contribution in [3.05, 3.63) is 95.6 Å². The Morgan fingerprint density at radius 1 is 0.872 bits per heavy atom. The highest BCUT2D eigenvalue weighted by Crippen LogP contribution is 2.45. The fourth-order valence-corrected chi connectivity index (χ4v) is 5.13. The van der Waals surface area contributed by atoms with Gasteiger partial charge in [-0.3, -0.25) is 4.79 Å². The van der Waals surface area contributed by atoms with Crippen molar-refractivity contribution in [3.8, 4) is 11.5 Å². The normalized spacial score (nSPS) is 18.2. The van der Waals surface area contributed by atoms with Crippen LogP contribution in [0.1, 0.15) is 36.6 Å². The molecule has 0 aromatic heterocycles. The van der Waals surface area contributed by atoms with Crippen LogP contribution in [0.15, 0.2) is 78.9 Å². The van der Waals surface area contributed by atoms with Gasteiger partial charge >= 0.3 is 6.16 Å². The van der Waals surface area contributed by atoms with Gasteiger partial charge in [0.15, 0.2) is 0 Å². The van der Waals surface area contributed by atoms with Crippen molar-refractivity contribution in [1.82, 2.24) is 4.90 Å². The average molecular weight is 534 g/mol. The zero-order valence-corrected chi connectivity index (χ0v) is 22.7. The van der Waals surface area contributed by atoms with E-state index in [-0.39, 0.29) is 31.1 Å². The molecule has 1 heterocycles. The number of benzene rings is 3. The highest BCUT2D eigenvalue weighted by atomic mass is 16.7. The zero-order chi connectivity index (χ0) is 27.9. The fourth-order valence-electron chi connectivity index (χ4n) is 5.13. The van der Waals surface area contributed by atoms with Crippen LogP contribution in [0.25, 0.3) is 0 Å². The van der Waals surface area contributed by atoms with Crippen LogP contribution in [-0.2, 0) is 20.9 Å². The largest absolute Gasteiger partial charge is 0.508 e. The van der Waals surface area contributed by atoms with Crippen LogP contribution in [0.4, 0.5) is 4.79 Å². The Balaban J connectivity index is 1.58. The standard InChI is InChI=1S/C31H35NO7/c1-20(18-33)28-27(21(2)39-31(35)38-19-22-8-6-5-7-9-22)30(34)32(28)29(23-10-14-25(36-3)15-11-23)24-12-16-26(37-4)17-13-24/h5-17,20-21,27-29,33H,18-19H2,1-4H3/t20?,21-,27-,28-/m1/s1. The first-order valence-corrected chi connectivity index (χ1v) is 13.0. The summed E-state index contributed by atoms with van der Waals surface area (Å²) in [4.78, 5) is 28.0. The van der Waals surface area contributed by atoms with Gasteiger partial charge in [-0.15, -0.1) is 0 Å². The molecule has 0 bridgehead atoms. The molecule has 0 radical (unpaired) electrons. The number of amides is 1. The Kier molecular flexibility index (Phi) is 9.09. The lowest BCUT2D eigenvalue weighted by atomic mass is 9.74. The number of ether oxygens (including phenoxy) is 4. The van der Waals surface area contributed by atoms with Crippen LogP contribution < -0.4 is 9.47 Å². The smallest absolute Gasteiger partial charge is 0.497 e. The number of aliphatic hydroxyl groups is 1. The van der Waals surface area contributed by atoms with Crippen LogP contribution in [0.3, 0.4) is 0 Å². The summed E-state index contributed by atoms with van der Waals surface area (Å²) in [5.74, 6) is 0.349. The molecule has 8 heteroatoms. The molecule has 39 heavy (non-hydrogen) atoms. The number of β-lactam (4-membered cyclic amide) rings is 1. The fraction of sp³-hybridized carbons (Fsp3) is 0.355. The number of nitrogens with zero attached hydrogens (tertiary/aromatic N) is 1. The average Bonchev–Trinajstić information content (AvgIpc) is 2.97. The Morgan fingerprint density at radius 2 is 1.41 bits per heavy atom. The first-order valence-electron chi connectivity index (χ1n) is 13.0. The maximum atomic E-state index is 13.8. The molecule has 3 aromatic rings. The third-order valence-electron chi connectivity index (χ3n) is 7.23. The number of hydrogen-bond donors (Lipinski definition) is 1. The van der Waals surface area contributed by atoms with Gasteiger partial charge in [0.05, 0.1) is 32.2 Å². The summed E-state index contributed by atoms with van der Waals surface area (Å²) in [6, 6.07) is 23.6. The Hall–Kier alpha value is -4.04. The van der Waals surface area contributed by atoms with Crippen molar-refractivity contribution >= 4 is 12.1 Å². The minimum Gasteiger partial charge on any atom is -0.497 e. The van der Waals surface area contributed by atoms with Gasteiger partial charge in [-0.05, 0) is 47.9 Å². The molecule has 1 unspecified atom stereocenters. The topological polar surface area (TPSA) is 94.5 Å². The Bertz CT molecular complexity index is 1180. The van der Waals surface area contributed by atoms with E-state index in [9.17, 15) is 14.7 Å². The lowest BCUT2D eigenvalue weighted by Crippen LogP contribution is -2.68. The predicted molar refractivity (Wildman–Crippen MR) is 145 cm³/mol. The molecule has 1 amide bonds. The van der Waals surface area contributed by atoms with Crippen LogP contribution >= 0.6 is 0 Å².